The molecule has 1 saturated heterocycles. The number of thiazole rings is 1. The molecule has 1 amide bonds. The van der Waals surface area contributed by atoms with Crippen LogP contribution >= 0.6 is 11.3 Å². The molecular weight excluding hydrogens is 482 g/mol. The Hall–Kier alpha value is -3.16. The highest BCUT2D eigenvalue weighted by molar-refractivity contribution is 7.92. The summed E-state index contributed by atoms with van der Waals surface area (Å²) in [6.07, 6.45) is 2.97. The van der Waals surface area contributed by atoms with Crippen molar-refractivity contribution in [1.29, 1.82) is 0 Å². The monoisotopic (exact) mass is 503 g/mol. The van der Waals surface area contributed by atoms with Crippen LogP contribution in [0.4, 0.5) is 5.13 Å². The summed E-state index contributed by atoms with van der Waals surface area (Å²) in [5.74, 6) is -0.139. The maximum atomic E-state index is 13.1. The molecule has 0 radical (unpaired) electrons. The van der Waals surface area contributed by atoms with Crippen LogP contribution in [0, 0.1) is 0 Å². The SMILES string of the molecule is COc1ccc2nc(NC(=O)C(=NO[C@@H]3CCOC3)c3ccc(S(=O)(=O)C4CC4)nc3)sc2n1. The van der Waals surface area contributed by atoms with E-state index in [2.05, 4.69) is 25.4 Å². The summed E-state index contributed by atoms with van der Waals surface area (Å²) in [7, 11) is -1.93. The summed E-state index contributed by atoms with van der Waals surface area (Å²) < 4.78 is 35.3. The highest BCUT2D eigenvalue weighted by atomic mass is 32.2. The summed E-state index contributed by atoms with van der Waals surface area (Å²) in [6.45, 7) is 0.930. The second-order valence-corrected chi connectivity index (χ2v) is 11.0. The third-order valence-electron chi connectivity index (χ3n) is 5.32. The van der Waals surface area contributed by atoms with Crippen molar-refractivity contribution in [3.8, 4) is 5.88 Å². The highest BCUT2D eigenvalue weighted by Gasteiger charge is 2.37. The molecule has 1 atom stereocenters. The average Bonchev–Trinajstić information content (AvgIpc) is 3.44. The molecule has 1 aliphatic carbocycles. The number of nitrogens with one attached hydrogen (secondary N) is 1. The molecule has 1 saturated carbocycles. The number of fused-ring (bicyclic) bond motifs is 1. The summed E-state index contributed by atoms with van der Waals surface area (Å²) in [5, 5.41) is 6.71. The molecule has 3 aromatic rings. The van der Waals surface area contributed by atoms with Gasteiger partial charge in [0.15, 0.2) is 31.8 Å². The lowest BCUT2D eigenvalue weighted by atomic mass is 10.1. The molecule has 0 spiro atoms. The molecule has 11 nitrogen and oxygen atoms in total. The Kier molecular flexibility index (Phi) is 6.15. The molecule has 4 heterocycles. The van der Waals surface area contributed by atoms with Gasteiger partial charge in [0, 0.05) is 24.2 Å². The molecular formula is C21H21N5O6S2. The number of methoxy groups -OCH3 is 1. The number of carbonyl (C=O) groups is 1. The maximum Gasteiger partial charge on any atom is 0.280 e. The molecule has 2 fully saturated rings. The van der Waals surface area contributed by atoms with E-state index in [1.807, 2.05) is 0 Å². The molecule has 0 aromatic carbocycles. The fourth-order valence-electron chi connectivity index (χ4n) is 3.31. The highest BCUT2D eigenvalue weighted by Crippen LogP contribution is 2.32. The largest absolute Gasteiger partial charge is 0.481 e. The first-order chi connectivity index (χ1) is 16.4. The van der Waals surface area contributed by atoms with Crippen molar-refractivity contribution in [3.05, 3.63) is 36.0 Å². The minimum Gasteiger partial charge on any atom is -0.481 e. The van der Waals surface area contributed by atoms with Crippen molar-refractivity contribution in [2.75, 3.05) is 25.6 Å². The van der Waals surface area contributed by atoms with Gasteiger partial charge in [-0.05, 0) is 31.0 Å². The van der Waals surface area contributed by atoms with E-state index in [0.29, 0.717) is 59.4 Å². The van der Waals surface area contributed by atoms with Crippen LogP contribution in [0.1, 0.15) is 24.8 Å². The second kappa shape index (κ2) is 9.24. The zero-order valence-electron chi connectivity index (χ0n) is 18.1. The van der Waals surface area contributed by atoms with E-state index in [9.17, 15) is 13.2 Å². The molecule has 1 aliphatic heterocycles. The number of aromatic nitrogens is 3. The van der Waals surface area contributed by atoms with Crippen molar-refractivity contribution in [1.82, 2.24) is 15.0 Å². The molecule has 178 valence electrons. The number of amides is 1. The van der Waals surface area contributed by atoms with Crippen molar-refractivity contribution >= 4 is 48.3 Å². The Morgan fingerprint density at radius 3 is 2.74 bits per heavy atom. The smallest absolute Gasteiger partial charge is 0.280 e. The first-order valence-electron chi connectivity index (χ1n) is 10.6. The predicted octanol–water partition coefficient (Wildman–Crippen LogP) is 2.18. The van der Waals surface area contributed by atoms with E-state index in [1.165, 1.54) is 36.8 Å². The summed E-state index contributed by atoms with van der Waals surface area (Å²) in [5.41, 5.74) is 0.863. The number of sulfone groups is 1. The number of oxime groups is 1. The standard InChI is InChI=1S/C21H21N5O6S2/c1-30-16-6-5-15-20(24-16)33-21(23-15)25-19(27)18(26-32-13-8-9-31-11-13)12-2-7-17(22-10-12)34(28,29)14-3-4-14/h2,5-7,10,13-14H,3-4,8-9,11H2,1H3,(H,23,25,27)/t13-/m1/s1. The van der Waals surface area contributed by atoms with Gasteiger partial charge in [-0.2, -0.15) is 0 Å². The Morgan fingerprint density at radius 1 is 1.21 bits per heavy atom. The van der Waals surface area contributed by atoms with Gasteiger partial charge < -0.3 is 14.3 Å². The fourth-order valence-corrected chi connectivity index (χ4v) is 5.69. The first kappa shape index (κ1) is 22.6. The molecule has 3 aromatic heterocycles. The van der Waals surface area contributed by atoms with Gasteiger partial charge in [-0.15, -0.1) is 0 Å². The van der Waals surface area contributed by atoms with Gasteiger partial charge in [0.2, 0.25) is 5.88 Å². The van der Waals surface area contributed by atoms with Gasteiger partial charge >= 0.3 is 0 Å². The van der Waals surface area contributed by atoms with Gasteiger partial charge in [0.05, 0.1) is 25.6 Å². The second-order valence-electron chi connectivity index (χ2n) is 7.81. The molecule has 13 heteroatoms. The summed E-state index contributed by atoms with van der Waals surface area (Å²) in [4.78, 5) is 32.0. The van der Waals surface area contributed by atoms with Crippen molar-refractivity contribution < 1.29 is 27.5 Å². The van der Waals surface area contributed by atoms with Crippen LogP contribution in [0.25, 0.3) is 10.3 Å². The van der Waals surface area contributed by atoms with Crippen molar-refractivity contribution in [2.45, 2.75) is 35.6 Å². The van der Waals surface area contributed by atoms with Gasteiger partial charge in [0.1, 0.15) is 10.3 Å². The number of anilines is 1. The summed E-state index contributed by atoms with van der Waals surface area (Å²) >= 11 is 1.18. The van der Waals surface area contributed by atoms with E-state index in [-0.39, 0.29) is 22.1 Å². The van der Waals surface area contributed by atoms with Crippen LogP contribution in [0.2, 0.25) is 0 Å². The van der Waals surface area contributed by atoms with E-state index in [4.69, 9.17) is 14.3 Å². The first-order valence-corrected chi connectivity index (χ1v) is 12.9. The van der Waals surface area contributed by atoms with E-state index >= 15 is 0 Å². The number of hydrogen-bond donors (Lipinski definition) is 1. The minimum atomic E-state index is -3.45. The zero-order chi connectivity index (χ0) is 23.7. The summed E-state index contributed by atoms with van der Waals surface area (Å²) in [6, 6.07) is 6.31. The average molecular weight is 504 g/mol. The fraction of sp³-hybridized carbons (Fsp3) is 0.381. The Bertz CT molecular complexity index is 1350. The van der Waals surface area contributed by atoms with Gasteiger partial charge in [-0.1, -0.05) is 16.5 Å². The normalized spacial score (nSPS) is 18.7. The molecule has 0 unspecified atom stereocenters. The Balaban J connectivity index is 1.41. The van der Waals surface area contributed by atoms with E-state index < -0.39 is 15.7 Å². The van der Waals surface area contributed by atoms with Crippen LogP contribution in [0.15, 0.2) is 40.6 Å². The van der Waals surface area contributed by atoms with Gasteiger partial charge in [-0.25, -0.2) is 23.4 Å². The molecule has 34 heavy (non-hydrogen) atoms. The number of nitrogens with zero attached hydrogens (tertiary/aromatic N) is 4. The van der Waals surface area contributed by atoms with Crippen molar-refractivity contribution in [2.24, 2.45) is 5.16 Å². The van der Waals surface area contributed by atoms with E-state index in [0.717, 1.165) is 0 Å². The lowest BCUT2D eigenvalue weighted by molar-refractivity contribution is -0.110. The van der Waals surface area contributed by atoms with Crippen LogP contribution in [0.5, 0.6) is 5.88 Å². The number of ether oxygens (including phenoxy) is 2. The molecule has 2 aliphatic rings. The number of hydrogen-bond acceptors (Lipinski definition) is 11. The number of rotatable bonds is 8. The van der Waals surface area contributed by atoms with Crippen molar-refractivity contribution in [3.63, 3.8) is 0 Å². The molecule has 1 N–H and O–H groups in total. The van der Waals surface area contributed by atoms with E-state index in [1.54, 1.807) is 12.1 Å². The van der Waals surface area contributed by atoms with Crippen LogP contribution in [-0.4, -0.2) is 66.7 Å². The van der Waals surface area contributed by atoms with Gasteiger partial charge in [0.25, 0.3) is 5.91 Å². The topological polar surface area (TPSA) is 142 Å². The Morgan fingerprint density at radius 2 is 2.06 bits per heavy atom. The number of carbonyl (C=O) groups excluding carboxylic acids is 1. The third-order valence-corrected chi connectivity index (χ3v) is 8.37. The minimum absolute atomic E-state index is 0.0187. The maximum absolute atomic E-state index is 13.1. The van der Waals surface area contributed by atoms with Crippen LogP contribution < -0.4 is 10.1 Å². The Labute approximate surface area is 199 Å². The predicted molar refractivity (Wildman–Crippen MR) is 124 cm³/mol. The van der Waals surface area contributed by atoms with Crippen LogP contribution in [0.3, 0.4) is 0 Å². The number of pyridine rings is 2. The van der Waals surface area contributed by atoms with Crippen LogP contribution in [-0.2, 0) is 24.2 Å². The quantitative estimate of drug-likeness (QED) is 0.361. The lowest BCUT2D eigenvalue weighted by Gasteiger charge is -2.10. The zero-order valence-corrected chi connectivity index (χ0v) is 19.8. The lowest BCUT2D eigenvalue weighted by Crippen LogP contribution is -2.25. The third kappa shape index (κ3) is 4.72. The molecule has 0 bridgehead atoms. The molecule has 5 rings (SSSR count). The van der Waals surface area contributed by atoms with Gasteiger partial charge in [-0.3, -0.25) is 10.1 Å².